The number of aromatic hydroxyl groups is 2. The van der Waals surface area contributed by atoms with E-state index in [1.807, 2.05) is 54.7 Å². The van der Waals surface area contributed by atoms with Crippen LogP contribution >= 0.6 is 0 Å². The van der Waals surface area contributed by atoms with Gasteiger partial charge in [0.25, 0.3) is 0 Å². The Balaban J connectivity index is 1.32. The van der Waals surface area contributed by atoms with E-state index >= 15 is 0 Å². The third-order valence-electron chi connectivity index (χ3n) is 7.23. The van der Waals surface area contributed by atoms with Gasteiger partial charge in [-0.2, -0.15) is 0 Å². The van der Waals surface area contributed by atoms with Gasteiger partial charge in [-0.1, -0.05) is 48.5 Å². The van der Waals surface area contributed by atoms with Gasteiger partial charge in [0.2, 0.25) is 0 Å². The molecule has 6 aromatic rings. The van der Waals surface area contributed by atoms with Gasteiger partial charge in [-0.05, 0) is 36.1 Å². The molecule has 6 heteroatoms. The number of nitrogens with one attached hydrogen (secondary N) is 2. The highest BCUT2D eigenvalue weighted by Gasteiger charge is 2.26. The zero-order valence-electron chi connectivity index (χ0n) is 19.6. The fourth-order valence-corrected chi connectivity index (χ4v) is 5.60. The third kappa shape index (κ3) is 3.18. The van der Waals surface area contributed by atoms with E-state index in [9.17, 15) is 10.2 Å². The number of ether oxygens (including phenoxy) is 1. The average molecular weight is 476 g/mol. The molecule has 0 saturated heterocycles. The third-order valence-corrected chi connectivity index (χ3v) is 7.23. The van der Waals surface area contributed by atoms with Crippen molar-refractivity contribution < 1.29 is 14.9 Å². The first-order valence-corrected chi connectivity index (χ1v) is 12.2. The lowest BCUT2D eigenvalue weighted by molar-refractivity contribution is 0.306. The number of fused-ring (bicyclic) bond motifs is 1. The molecule has 178 valence electrons. The summed E-state index contributed by atoms with van der Waals surface area (Å²) in [4.78, 5) is 6.08. The Labute approximate surface area is 207 Å². The molecule has 4 N–H and O–H groups in total. The number of hydrogen-bond acceptors (Lipinski definition) is 3. The van der Waals surface area contributed by atoms with Crippen molar-refractivity contribution in [1.82, 2.24) is 14.5 Å². The molecule has 0 saturated carbocycles. The summed E-state index contributed by atoms with van der Waals surface area (Å²) in [6.07, 6.45) is 6.12. The Hall–Kier alpha value is -4.58. The monoisotopic (exact) mass is 475 g/mol. The summed E-state index contributed by atoms with van der Waals surface area (Å²) in [7, 11) is 0. The van der Waals surface area contributed by atoms with Crippen LogP contribution in [0.1, 0.15) is 17.5 Å². The first-order valence-electron chi connectivity index (χ1n) is 12.2. The Bertz CT molecular complexity index is 1740. The molecule has 7 rings (SSSR count). The van der Waals surface area contributed by atoms with Crippen LogP contribution in [0.2, 0.25) is 0 Å². The smallest absolute Gasteiger partial charge is 0.200 e. The molecule has 0 spiro atoms. The number of hydrogen-bond donors (Lipinski definition) is 4. The number of H-pyrrole nitrogens is 2. The second-order valence-electron chi connectivity index (χ2n) is 9.41. The Morgan fingerprint density at radius 3 is 2.56 bits per heavy atom. The zero-order chi connectivity index (χ0) is 24.2. The average Bonchev–Trinajstić information content (AvgIpc) is 3.57. The van der Waals surface area contributed by atoms with Gasteiger partial charge in [-0.15, -0.1) is 0 Å². The number of aromatic amines is 2. The van der Waals surface area contributed by atoms with Crippen LogP contribution in [-0.4, -0.2) is 24.7 Å². The molecule has 3 aromatic carbocycles. The van der Waals surface area contributed by atoms with E-state index < -0.39 is 0 Å². The maximum atomic E-state index is 10.9. The van der Waals surface area contributed by atoms with Crippen LogP contribution in [0.5, 0.6) is 17.5 Å². The molecule has 0 unspecified atom stereocenters. The van der Waals surface area contributed by atoms with E-state index in [0.29, 0.717) is 17.7 Å². The van der Waals surface area contributed by atoms with Crippen LogP contribution in [-0.2, 0) is 19.6 Å². The SMILES string of the molecule is Oc1[nH]c(O)c(-c2cn3c4c(cccc24)CCC3)c1-c1c[nH]c2cc(OCc3ccccc3)ccc12. The molecular formula is C30H25N3O3. The van der Waals surface area contributed by atoms with E-state index in [-0.39, 0.29) is 11.8 Å². The molecular weight excluding hydrogens is 450 g/mol. The Kier molecular flexibility index (Phi) is 4.61. The first-order chi connectivity index (χ1) is 17.7. The van der Waals surface area contributed by atoms with Gasteiger partial charge in [0.05, 0.1) is 16.6 Å². The summed E-state index contributed by atoms with van der Waals surface area (Å²) in [5.74, 6) is 0.665. The van der Waals surface area contributed by atoms with E-state index in [4.69, 9.17) is 4.74 Å². The molecule has 36 heavy (non-hydrogen) atoms. The van der Waals surface area contributed by atoms with Gasteiger partial charge >= 0.3 is 0 Å². The van der Waals surface area contributed by atoms with Gasteiger partial charge in [-0.3, -0.25) is 4.98 Å². The predicted octanol–water partition coefficient (Wildman–Crippen LogP) is 6.72. The van der Waals surface area contributed by atoms with Crippen molar-refractivity contribution in [2.75, 3.05) is 0 Å². The second kappa shape index (κ2) is 7.99. The quantitative estimate of drug-likeness (QED) is 0.223. The number of aryl methyl sites for hydroxylation is 2. The van der Waals surface area contributed by atoms with Crippen LogP contribution in [0.3, 0.4) is 0 Å². The largest absolute Gasteiger partial charge is 0.494 e. The standard InChI is InChI=1S/C30H25N3O3/c34-29-26(23-15-31-25-14-20(11-12-21(23)25)36-17-18-6-2-1-3-7-18)27(30(35)32-29)24-16-33-13-5-9-19-8-4-10-22(24)28(19)33/h1-4,6-8,10-12,14-16,31-32,34-35H,5,9,13,17H2. The van der Waals surface area contributed by atoms with Gasteiger partial charge in [0.15, 0.2) is 11.8 Å². The van der Waals surface area contributed by atoms with E-state index in [1.165, 1.54) is 11.1 Å². The summed E-state index contributed by atoms with van der Waals surface area (Å²) in [6, 6.07) is 22.3. The Morgan fingerprint density at radius 2 is 1.69 bits per heavy atom. The van der Waals surface area contributed by atoms with E-state index in [0.717, 1.165) is 58.1 Å². The van der Waals surface area contributed by atoms with Gasteiger partial charge in [0.1, 0.15) is 12.4 Å². The lowest BCUT2D eigenvalue weighted by Crippen LogP contribution is -2.05. The highest BCUT2D eigenvalue weighted by atomic mass is 16.5. The minimum absolute atomic E-state index is 0.0386. The van der Waals surface area contributed by atoms with Crippen LogP contribution < -0.4 is 4.74 Å². The topological polar surface area (TPSA) is 86.2 Å². The Morgan fingerprint density at radius 1 is 0.861 bits per heavy atom. The fourth-order valence-electron chi connectivity index (χ4n) is 5.60. The molecule has 1 aliphatic rings. The molecule has 6 nitrogen and oxygen atoms in total. The fraction of sp³-hybridized carbons (Fsp3) is 0.133. The summed E-state index contributed by atoms with van der Waals surface area (Å²) < 4.78 is 8.26. The zero-order valence-corrected chi connectivity index (χ0v) is 19.6. The number of rotatable bonds is 5. The molecule has 1 aliphatic heterocycles. The van der Waals surface area contributed by atoms with Gasteiger partial charge < -0.3 is 24.5 Å². The van der Waals surface area contributed by atoms with Crippen molar-refractivity contribution in [2.45, 2.75) is 26.0 Å². The maximum Gasteiger partial charge on any atom is 0.200 e. The number of nitrogens with zero attached hydrogens (tertiary/aromatic N) is 1. The molecule has 0 bridgehead atoms. The van der Waals surface area contributed by atoms with Crippen LogP contribution in [0, 0.1) is 0 Å². The van der Waals surface area contributed by atoms with Crippen molar-refractivity contribution >= 4 is 21.8 Å². The van der Waals surface area contributed by atoms with Crippen LogP contribution in [0.25, 0.3) is 44.1 Å². The van der Waals surface area contributed by atoms with Crippen LogP contribution in [0.15, 0.2) is 79.1 Å². The molecule has 0 atom stereocenters. The van der Waals surface area contributed by atoms with Crippen LogP contribution in [0.4, 0.5) is 0 Å². The minimum Gasteiger partial charge on any atom is -0.494 e. The van der Waals surface area contributed by atoms with Gasteiger partial charge in [-0.25, -0.2) is 0 Å². The normalized spacial score (nSPS) is 13.0. The summed E-state index contributed by atoms with van der Waals surface area (Å²) >= 11 is 0. The van der Waals surface area contributed by atoms with E-state index in [1.54, 1.807) is 0 Å². The maximum absolute atomic E-state index is 10.9. The summed E-state index contributed by atoms with van der Waals surface area (Å²) in [5.41, 5.74) is 7.45. The molecule has 4 heterocycles. The van der Waals surface area contributed by atoms with Crippen molar-refractivity contribution in [3.8, 4) is 39.8 Å². The number of benzene rings is 3. The molecule has 3 aromatic heterocycles. The lowest BCUT2D eigenvalue weighted by Gasteiger charge is -2.14. The minimum atomic E-state index is -0.0558. The number of para-hydroxylation sites is 1. The molecule has 0 amide bonds. The molecule has 0 radical (unpaired) electrons. The predicted molar refractivity (Wildman–Crippen MR) is 141 cm³/mol. The van der Waals surface area contributed by atoms with Crippen molar-refractivity contribution in [3.05, 3.63) is 90.3 Å². The summed E-state index contributed by atoms with van der Waals surface area (Å²) in [6.45, 7) is 1.43. The van der Waals surface area contributed by atoms with Crippen molar-refractivity contribution in [1.29, 1.82) is 0 Å². The van der Waals surface area contributed by atoms with E-state index in [2.05, 4.69) is 38.9 Å². The first kappa shape index (κ1) is 20.8. The lowest BCUT2D eigenvalue weighted by atomic mass is 9.96. The molecule has 0 aliphatic carbocycles. The highest BCUT2D eigenvalue weighted by molar-refractivity contribution is 6.08. The van der Waals surface area contributed by atoms with Gasteiger partial charge in [0, 0.05) is 52.4 Å². The second-order valence-corrected chi connectivity index (χ2v) is 9.41. The molecule has 0 fully saturated rings. The number of aromatic nitrogens is 3. The summed E-state index contributed by atoms with van der Waals surface area (Å²) in [5, 5.41) is 23.9. The van der Waals surface area contributed by atoms with Crippen molar-refractivity contribution in [3.63, 3.8) is 0 Å². The highest BCUT2D eigenvalue weighted by Crippen LogP contribution is 2.49. The van der Waals surface area contributed by atoms with Crippen molar-refractivity contribution in [2.24, 2.45) is 0 Å².